The van der Waals surface area contributed by atoms with Gasteiger partial charge in [-0.2, -0.15) is 0 Å². The van der Waals surface area contributed by atoms with E-state index < -0.39 is 11.4 Å². The molecule has 2 N–H and O–H groups in total. The van der Waals surface area contributed by atoms with Crippen LogP contribution in [0.4, 0.5) is 0 Å². The summed E-state index contributed by atoms with van der Waals surface area (Å²) in [6, 6.07) is 4.02. The minimum atomic E-state index is -1.18. The van der Waals surface area contributed by atoms with Gasteiger partial charge in [0.1, 0.15) is 5.41 Å². The highest BCUT2D eigenvalue weighted by atomic mass is 32.1. The van der Waals surface area contributed by atoms with Crippen molar-refractivity contribution in [1.82, 2.24) is 5.32 Å². The van der Waals surface area contributed by atoms with E-state index in [1.807, 2.05) is 31.4 Å². The first-order valence-electron chi connectivity index (χ1n) is 6.44. The van der Waals surface area contributed by atoms with Crippen molar-refractivity contribution in [3.05, 3.63) is 22.4 Å². The molecule has 2 rings (SSSR count). The maximum atomic E-state index is 12.1. The van der Waals surface area contributed by atoms with Crippen molar-refractivity contribution in [2.24, 2.45) is 5.41 Å². The minimum Gasteiger partial charge on any atom is -0.480 e. The Labute approximate surface area is 116 Å². The molecule has 0 unspecified atom stereocenters. The lowest BCUT2D eigenvalue weighted by Crippen LogP contribution is -2.52. The molecule has 1 aliphatic carbocycles. The van der Waals surface area contributed by atoms with Crippen LogP contribution >= 0.6 is 11.3 Å². The molecule has 19 heavy (non-hydrogen) atoms. The normalized spacial score (nSPS) is 17.6. The van der Waals surface area contributed by atoms with Gasteiger partial charge < -0.3 is 10.4 Å². The lowest BCUT2D eigenvalue weighted by molar-refractivity contribution is -0.162. The van der Waals surface area contributed by atoms with Crippen LogP contribution in [0, 0.1) is 5.41 Å². The highest BCUT2D eigenvalue weighted by molar-refractivity contribution is 7.10. The molecule has 0 radical (unpaired) electrons. The maximum absolute atomic E-state index is 12.1. The highest BCUT2D eigenvalue weighted by Gasteiger charge is 2.51. The number of carbonyl (C=O) groups excluding carboxylic acids is 1. The number of amides is 1. The summed E-state index contributed by atoms with van der Waals surface area (Å²) in [7, 11) is 0. The van der Waals surface area contributed by atoms with Gasteiger partial charge in [-0.05, 0) is 24.3 Å². The molecule has 1 heterocycles. The molecule has 1 fully saturated rings. The Morgan fingerprint density at radius 1 is 1.47 bits per heavy atom. The van der Waals surface area contributed by atoms with Crippen molar-refractivity contribution < 1.29 is 14.7 Å². The van der Waals surface area contributed by atoms with E-state index in [9.17, 15) is 14.7 Å². The number of carbonyl (C=O) groups is 2. The summed E-state index contributed by atoms with van der Waals surface area (Å²) in [6.07, 6.45) is 1.72. The van der Waals surface area contributed by atoms with Crippen molar-refractivity contribution in [1.29, 1.82) is 0 Å². The fourth-order valence-electron chi connectivity index (χ4n) is 2.29. The topological polar surface area (TPSA) is 66.4 Å². The Morgan fingerprint density at radius 3 is 2.58 bits per heavy atom. The number of nitrogens with one attached hydrogen (secondary N) is 1. The Hall–Kier alpha value is -1.36. The monoisotopic (exact) mass is 281 g/mol. The molecular weight excluding hydrogens is 262 g/mol. The van der Waals surface area contributed by atoms with Crippen molar-refractivity contribution in [2.45, 2.75) is 38.5 Å². The lowest BCUT2D eigenvalue weighted by Gasteiger charge is -2.37. The molecule has 104 valence electrons. The third-order valence-corrected chi connectivity index (χ3v) is 5.17. The van der Waals surface area contributed by atoms with Gasteiger partial charge in [-0.1, -0.05) is 26.3 Å². The van der Waals surface area contributed by atoms with Crippen LogP contribution in [0.5, 0.6) is 0 Å². The lowest BCUT2D eigenvalue weighted by atomic mass is 9.68. The van der Waals surface area contributed by atoms with E-state index in [0.29, 0.717) is 19.4 Å². The largest absolute Gasteiger partial charge is 0.480 e. The number of thiophene rings is 1. The number of hydrogen-bond donors (Lipinski definition) is 2. The Morgan fingerprint density at radius 2 is 2.16 bits per heavy atom. The van der Waals surface area contributed by atoms with Gasteiger partial charge in [-0.25, -0.2) is 0 Å². The number of carboxylic acids is 1. The van der Waals surface area contributed by atoms with E-state index in [-0.39, 0.29) is 11.3 Å². The summed E-state index contributed by atoms with van der Waals surface area (Å²) in [6.45, 7) is 4.56. The van der Waals surface area contributed by atoms with Gasteiger partial charge in [0.25, 0.3) is 0 Å². The van der Waals surface area contributed by atoms with Crippen molar-refractivity contribution in [3.8, 4) is 0 Å². The summed E-state index contributed by atoms with van der Waals surface area (Å²) in [5, 5.41) is 14.0. The van der Waals surface area contributed by atoms with Crippen LogP contribution in [0.2, 0.25) is 0 Å². The van der Waals surface area contributed by atoms with Crippen LogP contribution < -0.4 is 5.32 Å². The average Bonchev–Trinajstić information content (AvgIpc) is 2.78. The Balaban J connectivity index is 1.99. The van der Waals surface area contributed by atoms with Gasteiger partial charge in [-0.15, -0.1) is 11.3 Å². The van der Waals surface area contributed by atoms with Gasteiger partial charge in [0.05, 0.1) is 0 Å². The molecule has 0 aliphatic heterocycles. The van der Waals surface area contributed by atoms with Crippen LogP contribution in [-0.4, -0.2) is 23.5 Å². The molecule has 0 atom stereocenters. The molecule has 1 amide bonds. The molecule has 0 aromatic carbocycles. The van der Waals surface area contributed by atoms with Crippen LogP contribution in [0.1, 0.15) is 38.0 Å². The second-order valence-electron chi connectivity index (χ2n) is 5.78. The zero-order valence-corrected chi connectivity index (χ0v) is 12.0. The predicted octanol–water partition coefficient (Wildman–Crippen LogP) is 2.40. The van der Waals surface area contributed by atoms with Crippen molar-refractivity contribution in [3.63, 3.8) is 0 Å². The van der Waals surface area contributed by atoms with E-state index >= 15 is 0 Å². The van der Waals surface area contributed by atoms with Crippen LogP contribution in [0.25, 0.3) is 0 Å². The smallest absolute Gasteiger partial charge is 0.319 e. The van der Waals surface area contributed by atoms with E-state index in [1.165, 1.54) is 4.88 Å². The third-order valence-electron chi connectivity index (χ3n) is 3.93. The summed E-state index contributed by atoms with van der Waals surface area (Å²) in [5.41, 5.74) is -1.35. The first-order chi connectivity index (χ1) is 8.88. The van der Waals surface area contributed by atoms with Crippen molar-refractivity contribution in [2.75, 3.05) is 6.54 Å². The first kappa shape index (κ1) is 14.1. The number of hydrogen-bond acceptors (Lipinski definition) is 3. The molecule has 0 spiro atoms. The molecule has 5 heteroatoms. The summed E-state index contributed by atoms with van der Waals surface area (Å²) < 4.78 is 0. The number of rotatable bonds is 5. The maximum Gasteiger partial charge on any atom is 0.319 e. The van der Waals surface area contributed by atoms with E-state index in [0.717, 1.165) is 6.42 Å². The molecule has 4 nitrogen and oxygen atoms in total. The number of carboxylic acid groups (broad SMARTS) is 1. The summed E-state index contributed by atoms with van der Waals surface area (Å²) in [5.74, 6) is -1.33. The Bertz CT molecular complexity index is 475. The second-order valence-corrected chi connectivity index (χ2v) is 6.73. The molecule has 1 saturated carbocycles. The van der Waals surface area contributed by atoms with Crippen LogP contribution in [0.3, 0.4) is 0 Å². The molecule has 0 bridgehead atoms. The SMILES string of the molecule is CC(C)(CNC(=O)C1(C(=O)O)CCC1)c1cccs1. The molecule has 1 aromatic heterocycles. The minimum absolute atomic E-state index is 0.173. The number of aliphatic carboxylic acids is 1. The highest BCUT2D eigenvalue weighted by Crippen LogP contribution is 2.41. The van der Waals surface area contributed by atoms with Crippen molar-refractivity contribution >= 4 is 23.2 Å². The third kappa shape index (κ3) is 2.52. The van der Waals surface area contributed by atoms with E-state index in [4.69, 9.17) is 0 Å². The van der Waals surface area contributed by atoms with Gasteiger partial charge in [0, 0.05) is 16.8 Å². The Kier molecular flexibility index (Phi) is 3.67. The second kappa shape index (κ2) is 4.96. The van der Waals surface area contributed by atoms with Gasteiger partial charge in [0.15, 0.2) is 0 Å². The van der Waals surface area contributed by atoms with Crippen LogP contribution in [-0.2, 0) is 15.0 Å². The molecule has 1 aliphatic rings. The zero-order valence-electron chi connectivity index (χ0n) is 11.2. The summed E-state index contributed by atoms with van der Waals surface area (Å²) >= 11 is 1.65. The predicted molar refractivity (Wildman–Crippen MR) is 74.3 cm³/mol. The van der Waals surface area contributed by atoms with Gasteiger partial charge in [-0.3, -0.25) is 9.59 Å². The van der Waals surface area contributed by atoms with E-state index in [2.05, 4.69) is 5.32 Å². The average molecular weight is 281 g/mol. The first-order valence-corrected chi connectivity index (χ1v) is 7.32. The quantitative estimate of drug-likeness (QED) is 0.814. The molecule has 0 saturated heterocycles. The van der Waals surface area contributed by atoms with Gasteiger partial charge >= 0.3 is 5.97 Å². The fourth-order valence-corrected chi connectivity index (χ4v) is 3.14. The van der Waals surface area contributed by atoms with E-state index in [1.54, 1.807) is 11.3 Å². The van der Waals surface area contributed by atoms with Crippen LogP contribution in [0.15, 0.2) is 17.5 Å². The van der Waals surface area contributed by atoms with Gasteiger partial charge in [0.2, 0.25) is 5.91 Å². The molecule has 1 aromatic rings. The fraction of sp³-hybridized carbons (Fsp3) is 0.571. The zero-order chi connectivity index (χ0) is 14.1. The summed E-state index contributed by atoms with van der Waals surface area (Å²) in [4.78, 5) is 24.5. The standard InChI is InChI=1S/C14H19NO3S/c1-13(2,10-5-3-8-19-10)9-15-11(16)14(12(17)18)6-4-7-14/h3,5,8H,4,6-7,9H2,1-2H3,(H,15,16)(H,17,18). The molecular formula is C14H19NO3S.